The van der Waals surface area contributed by atoms with E-state index >= 15 is 0 Å². The van der Waals surface area contributed by atoms with Gasteiger partial charge in [-0.25, -0.2) is 4.98 Å². The molecule has 4 heteroatoms. The Morgan fingerprint density at radius 3 is 2.67 bits per heavy atom. The molecule has 1 aromatic heterocycles. The number of aryl methyl sites for hydroxylation is 1. The van der Waals surface area contributed by atoms with Crippen LogP contribution in [0.4, 0.5) is 5.95 Å². The maximum atomic E-state index is 5.82. The molecule has 15 heavy (non-hydrogen) atoms. The van der Waals surface area contributed by atoms with Gasteiger partial charge in [0.25, 0.3) is 0 Å². The molecule has 1 fully saturated rings. The molecule has 1 saturated heterocycles. The highest BCUT2D eigenvalue weighted by molar-refractivity contribution is 5.21. The Bertz CT molecular complexity index is 325. The second-order valence-corrected chi connectivity index (χ2v) is 4.48. The first kappa shape index (κ1) is 10.5. The molecule has 0 bridgehead atoms. The summed E-state index contributed by atoms with van der Waals surface area (Å²) >= 11 is 0. The van der Waals surface area contributed by atoms with Crippen LogP contribution in [0.5, 0.6) is 0 Å². The number of nitrogens with two attached hydrogens (primary N) is 1. The Kier molecular flexibility index (Phi) is 2.95. The van der Waals surface area contributed by atoms with Gasteiger partial charge >= 0.3 is 0 Å². The number of imidazole rings is 1. The van der Waals surface area contributed by atoms with E-state index in [2.05, 4.69) is 21.4 Å². The topological polar surface area (TPSA) is 47.1 Å². The molecule has 0 aromatic carbocycles. The minimum atomic E-state index is 0.559. The molecular formula is C11H20N4. The van der Waals surface area contributed by atoms with Crippen molar-refractivity contribution in [2.45, 2.75) is 39.3 Å². The second-order valence-electron chi connectivity index (χ2n) is 4.48. The van der Waals surface area contributed by atoms with Crippen LogP contribution in [0, 0.1) is 6.92 Å². The third-order valence-electron chi connectivity index (χ3n) is 3.15. The monoisotopic (exact) mass is 208 g/mol. The number of nitrogens with zero attached hydrogens (tertiary/aromatic N) is 3. The molecule has 2 N–H and O–H groups in total. The van der Waals surface area contributed by atoms with Gasteiger partial charge in [-0.05, 0) is 39.8 Å². The van der Waals surface area contributed by atoms with Gasteiger partial charge in [-0.15, -0.1) is 0 Å². The van der Waals surface area contributed by atoms with Crippen molar-refractivity contribution >= 4 is 5.95 Å². The van der Waals surface area contributed by atoms with Crippen molar-refractivity contribution in [3.63, 3.8) is 0 Å². The molecule has 4 nitrogen and oxygen atoms in total. The minimum Gasteiger partial charge on any atom is -0.369 e. The molecule has 0 spiro atoms. The van der Waals surface area contributed by atoms with Crippen LogP contribution in [0.2, 0.25) is 0 Å². The summed E-state index contributed by atoms with van der Waals surface area (Å²) in [6.07, 6.45) is 4.70. The molecule has 1 aromatic rings. The number of anilines is 1. The number of likely N-dealkylation sites (tertiary alicyclic amines) is 1. The third-order valence-corrected chi connectivity index (χ3v) is 3.15. The lowest BCUT2D eigenvalue weighted by Gasteiger charge is -2.24. The van der Waals surface area contributed by atoms with Crippen molar-refractivity contribution in [3.05, 3.63) is 11.9 Å². The number of hydrogen-bond donors (Lipinski definition) is 1. The summed E-state index contributed by atoms with van der Waals surface area (Å²) in [6, 6.07) is 0.559. The summed E-state index contributed by atoms with van der Waals surface area (Å²) in [5, 5.41) is 0. The smallest absolute Gasteiger partial charge is 0.200 e. The standard InChI is InChI=1S/C11H20N4/c1-9-7-15(11(12)13-9)8-10(2)14-5-3-4-6-14/h7,10H,3-6,8H2,1-2H3,(H2,12,13). The quantitative estimate of drug-likeness (QED) is 0.813. The van der Waals surface area contributed by atoms with Crippen molar-refractivity contribution in [1.82, 2.24) is 14.5 Å². The molecule has 0 aliphatic carbocycles. The summed E-state index contributed by atoms with van der Waals surface area (Å²) < 4.78 is 2.05. The largest absolute Gasteiger partial charge is 0.369 e. The van der Waals surface area contributed by atoms with Gasteiger partial charge in [0, 0.05) is 18.8 Å². The van der Waals surface area contributed by atoms with Gasteiger partial charge in [-0.3, -0.25) is 4.90 Å². The van der Waals surface area contributed by atoms with Crippen LogP contribution in [0.3, 0.4) is 0 Å². The Labute approximate surface area is 91.1 Å². The summed E-state index contributed by atoms with van der Waals surface area (Å²) in [4.78, 5) is 6.74. The zero-order valence-corrected chi connectivity index (χ0v) is 9.61. The van der Waals surface area contributed by atoms with Crippen molar-refractivity contribution in [1.29, 1.82) is 0 Å². The first-order chi connectivity index (χ1) is 7.16. The Balaban J connectivity index is 1.98. The SMILES string of the molecule is Cc1cn(CC(C)N2CCCC2)c(N)n1. The molecule has 0 radical (unpaired) electrons. The van der Waals surface area contributed by atoms with E-state index in [0.29, 0.717) is 12.0 Å². The van der Waals surface area contributed by atoms with Gasteiger partial charge in [-0.2, -0.15) is 0 Å². The van der Waals surface area contributed by atoms with Crippen molar-refractivity contribution in [3.8, 4) is 0 Å². The molecule has 1 aliphatic rings. The number of hydrogen-bond acceptors (Lipinski definition) is 3. The van der Waals surface area contributed by atoms with Gasteiger partial charge in [0.05, 0.1) is 5.69 Å². The van der Waals surface area contributed by atoms with Crippen molar-refractivity contribution in [2.75, 3.05) is 18.8 Å². The molecule has 0 amide bonds. The summed E-state index contributed by atoms with van der Waals surface area (Å²) in [6.45, 7) is 7.66. The van der Waals surface area contributed by atoms with Crippen LogP contribution >= 0.6 is 0 Å². The molecule has 84 valence electrons. The summed E-state index contributed by atoms with van der Waals surface area (Å²) in [5.41, 5.74) is 6.82. The molecular weight excluding hydrogens is 188 g/mol. The lowest BCUT2D eigenvalue weighted by atomic mass is 10.3. The number of rotatable bonds is 3. The van der Waals surface area contributed by atoms with Gasteiger partial charge in [0.15, 0.2) is 5.95 Å². The molecule has 1 unspecified atom stereocenters. The molecule has 2 heterocycles. The summed E-state index contributed by atoms with van der Waals surface area (Å²) in [7, 11) is 0. The van der Waals surface area contributed by atoms with E-state index in [0.717, 1.165) is 12.2 Å². The van der Waals surface area contributed by atoms with E-state index in [1.165, 1.54) is 25.9 Å². The van der Waals surface area contributed by atoms with Gasteiger partial charge < -0.3 is 10.3 Å². The average Bonchev–Trinajstić information content (AvgIpc) is 2.76. The Morgan fingerprint density at radius 1 is 1.47 bits per heavy atom. The highest BCUT2D eigenvalue weighted by atomic mass is 15.2. The molecule has 2 rings (SSSR count). The zero-order chi connectivity index (χ0) is 10.8. The number of nitrogen functional groups attached to an aromatic ring is 1. The maximum absolute atomic E-state index is 5.82. The van der Waals surface area contributed by atoms with Crippen LogP contribution in [-0.2, 0) is 6.54 Å². The maximum Gasteiger partial charge on any atom is 0.200 e. The van der Waals surface area contributed by atoms with Crippen LogP contribution in [-0.4, -0.2) is 33.6 Å². The first-order valence-corrected chi connectivity index (χ1v) is 5.70. The first-order valence-electron chi connectivity index (χ1n) is 5.70. The van der Waals surface area contributed by atoms with Crippen molar-refractivity contribution < 1.29 is 0 Å². The predicted octanol–water partition coefficient (Wildman–Crippen LogP) is 1.26. The molecule has 0 saturated carbocycles. The minimum absolute atomic E-state index is 0.559. The van der Waals surface area contributed by atoms with E-state index in [-0.39, 0.29) is 0 Å². The summed E-state index contributed by atoms with van der Waals surface area (Å²) in [5.74, 6) is 0.638. The lowest BCUT2D eigenvalue weighted by molar-refractivity contribution is 0.236. The van der Waals surface area contributed by atoms with E-state index in [1.807, 2.05) is 13.1 Å². The fourth-order valence-electron chi connectivity index (χ4n) is 2.29. The average molecular weight is 208 g/mol. The van der Waals surface area contributed by atoms with Crippen LogP contribution in [0.25, 0.3) is 0 Å². The van der Waals surface area contributed by atoms with E-state index < -0.39 is 0 Å². The predicted molar refractivity (Wildman–Crippen MR) is 61.6 cm³/mol. The lowest BCUT2D eigenvalue weighted by Crippen LogP contribution is -2.33. The van der Waals surface area contributed by atoms with E-state index in [4.69, 9.17) is 5.73 Å². The highest BCUT2D eigenvalue weighted by Gasteiger charge is 2.18. The highest BCUT2D eigenvalue weighted by Crippen LogP contribution is 2.14. The van der Waals surface area contributed by atoms with Crippen molar-refractivity contribution in [2.24, 2.45) is 0 Å². The van der Waals surface area contributed by atoms with E-state index in [1.54, 1.807) is 0 Å². The fraction of sp³-hybridized carbons (Fsp3) is 0.727. The Morgan fingerprint density at radius 2 is 2.13 bits per heavy atom. The third kappa shape index (κ3) is 2.31. The van der Waals surface area contributed by atoms with Crippen LogP contribution in [0.15, 0.2) is 6.20 Å². The van der Waals surface area contributed by atoms with Gasteiger partial charge in [0.1, 0.15) is 0 Å². The van der Waals surface area contributed by atoms with Gasteiger partial charge in [0.2, 0.25) is 0 Å². The van der Waals surface area contributed by atoms with Gasteiger partial charge in [-0.1, -0.05) is 0 Å². The second kappa shape index (κ2) is 4.23. The Hall–Kier alpha value is -1.03. The normalized spacial score (nSPS) is 19.6. The number of aromatic nitrogens is 2. The van der Waals surface area contributed by atoms with Crippen LogP contribution in [0.1, 0.15) is 25.5 Å². The molecule has 1 atom stereocenters. The zero-order valence-electron chi connectivity index (χ0n) is 9.61. The van der Waals surface area contributed by atoms with E-state index in [9.17, 15) is 0 Å². The fourth-order valence-corrected chi connectivity index (χ4v) is 2.29. The molecule has 1 aliphatic heterocycles. The van der Waals surface area contributed by atoms with Crippen LogP contribution < -0.4 is 5.73 Å².